The minimum absolute atomic E-state index is 0.202. The van der Waals surface area contributed by atoms with Crippen LogP contribution in [0, 0.1) is 19.7 Å². The summed E-state index contributed by atoms with van der Waals surface area (Å²) in [6.45, 7) is 8.93. The number of nitrogens with zero attached hydrogens (tertiary/aromatic N) is 1. The average molecular weight is 385 g/mol. The van der Waals surface area contributed by atoms with Crippen molar-refractivity contribution in [3.8, 4) is 11.1 Å². The molecule has 0 radical (unpaired) electrons. The van der Waals surface area contributed by atoms with Crippen molar-refractivity contribution in [2.45, 2.75) is 20.3 Å². The van der Waals surface area contributed by atoms with Crippen LogP contribution < -0.4 is 5.32 Å². The molecule has 146 valence electrons. The normalized spacial score (nSPS) is 11.0. The second-order valence-electron chi connectivity index (χ2n) is 7.31. The summed E-state index contributed by atoms with van der Waals surface area (Å²) in [6.07, 6.45) is 4.39. The highest BCUT2D eigenvalue weighted by Gasteiger charge is 2.13. The first-order valence-corrected chi connectivity index (χ1v) is 9.74. The van der Waals surface area contributed by atoms with Crippen LogP contribution in [0.4, 0.5) is 4.39 Å². The molecule has 2 heterocycles. The summed E-state index contributed by atoms with van der Waals surface area (Å²) in [5.74, 6) is -0.202. The average Bonchev–Trinajstić information content (AvgIpc) is 3.09. The van der Waals surface area contributed by atoms with E-state index in [1.807, 2.05) is 32.0 Å². The van der Waals surface area contributed by atoms with Crippen LogP contribution in [0.5, 0.6) is 0 Å². The smallest absolute Gasteiger partial charge is 0.147 e. The van der Waals surface area contributed by atoms with E-state index in [9.17, 15) is 4.39 Å². The minimum Gasteiger partial charge on any atom is -0.385 e. The second kappa shape index (κ2) is 7.92. The number of benzene rings is 2. The van der Waals surface area contributed by atoms with Gasteiger partial charge in [-0.3, -0.25) is 4.98 Å². The van der Waals surface area contributed by atoms with Crippen molar-refractivity contribution in [3.05, 3.63) is 95.7 Å². The monoisotopic (exact) mass is 385 g/mol. The van der Waals surface area contributed by atoms with E-state index in [0.29, 0.717) is 5.52 Å². The molecular formula is C25H24FN3. The summed E-state index contributed by atoms with van der Waals surface area (Å²) in [5, 5.41) is 4.41. The second-order valence-corrected chi connectivity index (χ2v) is 7.31. The van der Waals surface area contributed by atoms with Gasteiger partial charge >= 0.3 is 0 Å². The number of aryl methyl sites for hydroxylation is 2. The lowest BCUT2D eigenvalue weighted by atomic mass is 10.0. The fraction of sp³-hybridized carbons (Fsp3) is 0.160. The van der Waals surface area contributed by atoms with E-state index < -0.39 is 0 Å². The van der Waals surface area contributed by atoms with Crippen LogP contribution >= 0.6 is 0 Å². The lowest BCUT2D eigenvalue weighted by Crippen LogP contribution is -2.15. The summed E-state index contributed by atoms with van der Waals surface area (Å²) < 4.78 is 14.1. The minimum atomic E-state index is -0.202. The van der Waals surface area contributed by atoms with E-state index >= 15 is 0 Å². The highest BCUT2D eigenvalue weighted by atomic mass is 19.1. The third kappa shape index (κ3) is 3.79. The summed E-state index contributed by atoms with van der Waals surface area (Å²) in [7, 11) is 0. The van der Waals surface area contributed by atoms with E-state index in [-0.39, 0.29) is 5.82 Å². The Morgan fingerprint density at radius 1 is 1.00 bits per heavy atom. The Kier molecular flexibility index (Phi) is 5.17. The van der Waals surface area contributed by atoms with E-state index in [1.165, 1.54) is 6.07 Å². The van der Waals surface area contributed by atoms with Crippen molar-refractivity contribution in [2.75, 3.05) is 6.54 Å². The SMILES string of the molecule is C=C(NCCc1c(C)[nH]c2c(F)ccc(C)c12)c1ccc(-c2ccncc2)cc1. The number of aromatic nitrogens is 2. The first kappa shape index (κ1) is 18.9. The number of H-pyrrole nitrogens is 1. The van der Waals surface area contributed by atoms with Crippen LogP contribution in [-0.2, 0) is 6.42 Å². The molecule has 0 spiro atoms. The molecule has 2 aromatic heterocycles. The topological polar surface area (TPSA) is 40.7 Å². The summed E-state index contributed by atoms with van der Waals surface area (Å²) in [6, 6.07) is 15.7. The molecule has 4 heteroatoms. The van der Waals surface area contributed by atoms with Gasteiger partial charge in [-0.1, -0.05) is 36.9 Å². The van der Waals surface area contributed by atoms with Crippen molar-refractivity contribution in [3.63, 3.8) is 0 Å². The van der Waals surface area contributed by atoms with Gasteiger partial charge in [0.25, 0.3) is 0 Å². The lowest BCUT2D eigenvalue weighted by Gasteiger charge is -2.11. The molecule has 0 atom stereocenters. The molecule has 0 aliphatic rings. The number of nitrogens with one attached hydrogen (secondary N) is 2. The number of halogens is 1. The summed E-state index contributed by atoms with van der Waals surface area (Å²) in [4.78, 5) is 7.26. The van der Waals surface area contributed by atoms with Gasteiger partial charge in [-0.15, -0.1) is 0 Å². The van der Waals surface area contributed by atoms with Crippen molar-refractivity contribution in [1.82, 2.24) is 15.3 Å². The van der Waals surface area contributed by atoms with E-state index in [0.717, 1.165) is 57.6 Å². The van der Waals surface area contributed by atoms with Crippen molar-refractivity contribution >= 4 is 16.6 Å². The number of rotatable bonds is 6. The fourth-order valence-electron chi connectivity index (χ4n) is 3.80. The molecule has 0 fully saturated rings. The molecule has 0 amide bonds. The van der Waals surface area contributed by atoms with Crippen LogP contribution in [0.2, 0.25) is 0 Å². The number of fused-ring (bicyclic) bond motifs is 1. The Hall–Kier alpha value is -3.40. The zero-order valence-corrected chi connectivity index (χ0v) is 16.7. The predicted molar refractivity (Wildman–Crippen MR) is 118 cm³/mol. The molecule has 0 bridgehead atoms. The van der Waals surface area contributed by atoms with E-state index in [2.05, 4.69) is 46.1 Å². The maximum Gasteiger partial charge on any atom is 0.147 e. The van der Waals surface area contributed by atoms with Gasteiger partial charge in [0.15, 0.2) is 0 Å². The van der Waals surface area contributed by atoms with Gasteiger partial charge in [-0.2, -0.15) is 0 Å². The zero-order valence-electron chi connectivity index (χ0n) is 16.7. The molecule has 0 unspecified atom stereocenters. The van der Waals surface area contributed by atoms with Gasteiger partial charge in [-0.05, 0) is 66.3 Å². The quantitative estimate of drug-likeness (QED) is 0.441. The molecule has 2 aromatic carbocycles. The number of aromatic amines is 1. The summed E-state index contributed by atoms with van der Waals surface area (Å²) in [5.41, 5.74) is 8.09. The van der Waals surface area contributed by atoms with Gasteiger partial charge in [0, 0.05) is 35.7 Å². The first-order chi connectivity index (χ1) is 14.0. The molecule has 0 saturated carbocycles. The van der Waals surface area contributed by atoms with E-state index in [1.54, 1.807) is 12.4 Å². The number of pyridine rings is 1. The van der Waals surface area contributed by atoms with Gasteiger partial charge in [0.05, 0.1) is 5.52 Å². The first-order valence-electron chi connectivity index (χ1n) is 9.74. The standard InChI is InChI=1S/C25H24FN3/c1-16-4-9-23(26)25-24(16)22(18(3)29-25)12-15-28-17(2)19-5-7-20(8-6-19)21-10-13-27-14-11-21/h4-11,13-14,28-29H,2,12,15H2,1,3H3. The molecule has 0 aliphatic heterocycles. The van der Waals surface area contributed by atoms with Crippen LogP contribution in [0.1, 0.15) is 22.4 Å². The highest BCUT2D eigenvalue weighted by molar-refractivity contribution is 5.88. The van der Waals surface area contributed by atoms with Crippen LogP contribution in [0.15, 0.2) is 67.5 Å². The predicted octanol–water partition coefficient (Wildman–Crippen LogP) is 5.79. The molecule has 0 aliphatic carbocycles. The molecule has 0 saturated heterocycles. The van der Waals surface area contributed by atoms with Gasteiger partial charge < -0.3 is 10.3 Å². The van der Waals surface area contributed by atoms with Crippen molar-refractivity contribution in [2.24, 2.45) is 0 Å². The molecule has 2 N–H and O–H groups in total. The Morgan fingerprint density at radius 3 is 2.41 bits per heavy atom. The molecule has 29 heavy (non-hydrogen) atoms. The Bertz CT molecular complexity index is 1160. The molecule has 3 nitrogen and oxygen atoms in total. The molecular weight excluding hydrogens is 361 g/mol. The lowest BCUT2D eigenvalue weighted by molar-refractivity contribution is 0.637. The zero-order chi connectivity index (χ0) is 20.4. The molecule has 4 rings (SSSR count). The highest BCUT2D eigenvalue weighted by Crippen LogP contribution is 2.28. The van der Waals surface area contributed by atoms with Gasteiger partial charge in [0.2, 0.25) is 0 Å². The fourth-order valence-corrected chi connectivity index (χ4v) is 3.80. The maximum absolute atomic E-state index is 14.1. The largest absolute Gasteiger partial charge is 0.385 e. The van der Waals surface area contributed by atoms with Gasteiger partial charge in [0.1, 0.15) is 5.82 Å². The van der Waals surface area contributed by atoms with Gasteiger partial charge in [-0.25, -0.2) is 4.39 Å². The van der Waals surface area contributed by atoms with Crippen molar-refractivity contribution < 1.29 is 4.39 Å². The van der Waals surface area contributed by atoms with Crippen LogP contribution in [0.25, 0.3) is 27.7 Å². The summed E-state index contributed by atoms with van der Waals surface area (Å²) >= 11 is 0. The Balaban J connectivity index is 1.44. The Labute approximate surface area is 170 Å². The maximum atomic E-state index is 14.1. The third-order valence-corrected chi connectivity index (χ3v) is 5.39. The van der Waals surface area contributed by atoms with Crippen LogP contribution in [0.3, 0.4) is 0 Å². The third-order valence-electron chi connectivity index (χ3n) is 5.39. The number of hydrogen-bond acceptors (Lipinski definition) is 2. The van der Waals surface area contributed by atoms with E-state index in [4.69, 9.17) is 0 Å². The molecule has 4 aromatic rings. The Morgan fingerprint density at radius 2 is 1.69 bits per heavy atom. The number of hydrogen-bond donors (Lipinski definition) is 2. The van der Waals surface area contributed by atoms with Crippen LogP contribution in [-0.4, -0.2) is 16.5 Å². The van der Waals surface area contributed by atoms with Crippen molar-refractivity contribution in [1.29, 1.82) is 0 Å².